The fourth-order valence-corrected chi connectivity index (χ4v) is 2.77. The van der Waals surface area contributed by atoms with Gasteiger partial charge in [-0.3, -0.25) is 9.78 Å². The molecule has 0 radical (unpaired) electrons. The Kier molecular flexibility index (Phi) is 5.20. The monoisotopic (exact) mass is 308 g/mol. The Morgan fingerprint density at radius 1 is 1.33 bits per heavy atom. The zero-order valence-electron chi connectivity index (χ0n) is 12.1. The molecule has 21 heavy (non-hydrogen) atoms. The number of aromatic nitrogens is 2. The van der Waals surface area contributed by atoms with Crippen molar-refractivity contribution in [3.63, 3.8) is 0 Å². The van der Waals surface area contributed by atoms with Crippen molar-refractivity contribution in [2.75, 3.05) is 25.0 Å². The van der Waals surface area contributed by atoms with Crippen LogP contribution in [0, 0.1) is 12.8 Å². The molecule has 6 heteroatoms. The molecule has 0 unspecified atom stereocenters. The minimum atomic E-state index is -0.0686. The van der Waals surface area contributed by atoms with Crippen molar-refractivity contribution in [3.8, 4) is 0 Å². The number of benzene rings is 1. The molecule has 2 aromatic rings. The molecule has 5 nitrogen and oxygen atoms in total. The van der Waals surface area contributed by atoms with Crippen molar-refractivity contribution in [2.24, 2.45) is 5.92 Å². The number of aromatic amines is 1. The lowest BCUT2D eigenvalue weighted by atomic mass is 9.98. The predicted octanol–water partition coefficient (Wildman–Crippen LogP) is 2.06. The fourth-order valence-electron chi connectivity index (χ4n) is 2.77. The van der Waals surface area contributed by atoms with E-state index in [0.29, 0.717) is 17.3 Å². The van der Waals surface area contributed by atoms with Crippen LogP contribution in [0.2, 0.25) is 0 Å². The van der Waals surface area contributed by atoms with Gasteiger partial charge in [0, 0.05) is 6.54 Å². The number of nitrogens with zero attached hydrogens (tertiary/aromatic N) is 1. The van der Waals surface area contributed by atoms with Gasteiger partial charge in [-0.25, -0.2) is 4.98 Å². The molecule has 0 aliphatic carbocycles. The predicted molar refractivity (Wildman–Crippen MR) is 88.4 cm³/mol. The molecule has 0 spiro atoms. The van der Waals surface area contributed by atoms with Gasteiger partial charge in [-0.05, 0) is 50.4 Å². The molecule has 0 amide bonds. The van der Waals surface area contributed by atoms with Crippen LogP contribution >= 0.6 is 12.4 Å². The molecule has 3 rings (SSSR count). The summed E-state index contributed by atoms with van der Waals surface area (Å²) in [6, 6.07) is 5.75. The molecule has 1 aromatic carbocycles. The molecular weight excluding hydrogens is 288 g/mol. The highest BCUT2D eigenvalue weighted by molar-refractivity contribution is 5.85. The smallest absolute Gasteiger partial charge is 0.260 e. The molecule has 1 saturated heterocycles. The van der Waals surface area contributed by atoms with E-state index in [4.69, 9.17) is 0 Å². The number of rotatable bonds is 3. The first-order valence-electron chi connectivity index (χ1n) is 7.18. The molecule has 1 aromatic heterocycles. The number of hydrogen-bond acceptors (Lipinski definition) is 4. The number of hydrogen-bond donors (Lipinski definition) is 3. The van der Waals surface area contributed by atoms with Crippen molar-refractivity contribution in [1.29, 1.82) is 0 Å². The Bertz CT molecular complexity index is 664. The number of anilines is 1. The van der Waals surface area contributed by atoms with Crippen LogP contribution in [0.1, 0.15) is 18.4 Å². The number of aryl methyl sites for hydroxylation is 1. The lowest BCUT2D eigenvalue weighted by Gasteiger charge is -2.22. The summed E-state index contributed by atoms with van der Waals surface area (Å²) in [6.07, 6.45) is 2.34. The zero-order chi connectivity index (χ0) is 13.9. The Hall–Kier alpha value is -1.59. The second-order valence-corrected chi connectivity index (χ2v) is 5.46. The van der Waals surface area contributed by atoms with E-state index in [-0.39, 0.29) is 18.0 Å². The minimum absolute atomic E-state index is 0. The first kappa shape index (κ1) is 15.8. The van der Waals surface area contributed by atoms with Crippen LogP contribution < -0.4 is 16.2 Å². The van der Waals surface area contributed by atoms with Gasteiger partial charge in [-0.1, -0.05) is 12.1 Å². The molecule has 3 N–H and O–H groups in total. The molecule has 2 heterocycles. The average molecular weight is 309 g/mol. The van der Waals surface area contributed by atoms with Crippen molar-refractivity contribution in [2.45, 2.75) is 19.8 Å². The largest absolute Gasteiger partial charge is 0.355 e. The van der Waals surface area contributed by atoms with Crippen LogP contribution in [0.25, 0.3) is 10.9 Å². The number of nitrogens with one attached hydrogen (secondary N) is 3. The number of halogens is 1. The second kappa shape index (κ2) is 6.91. The van der Waals surface area contributed by atoms with E-state index in [0.717, 1.165) is 30.7 Å². The van der Waals surface area contributed by atoms with Gasteiger partial charge < -0.3 is 10.6 Å². The second-order valence-electron chi connectivity index (χ2n) is 5.46. The first-order valence-corrected chi connectivity index (χ1v) is 7.18. The molecular formula is C15H21ClN4O. The van der Waals surface area contributed by atoms with E-state index in [1.165, 1.54) is 12.8 Å². The van der Waals surface area contributed by atoms with Gasteiger partial charge >= 0.3 is 0 Å². The van der Waals surface area contributed by atoms with E-state index in [1.54, 1.807) is 0 Å². The van der Waals surface area contributed by atoms with E-state index in [1.807, 2.05) is 25.1 Å². The summed E-state index contributed by atoms with van der Waals surface area (Å²) >= 11 is 0. The maximum Gasteiger partial charge on any atom is 0.260 e. The van der Waals surface area contributed by atoms with E-state index < -0.39 is 0 Å². The molecule has 0 atom stereocenters. The maximum absolute atomic E-state index is 12.1. The van der Waals surface area contributed by atoms with Gasteiger partial charge in [0.25, 0.3) is 5.56 Å². The molecule has 1 aliphatic heterocycles. The van der Waals surface area contributed by atoms with E-state index in [2.05, 4.69) is 20.6 Å². The Balaban J connectivity index is 0.00000161. The summed E-state index contributed by atoms with van der Waals surface area (Å²) in [5.74, 6) is 1.22. The summed E-state index contributed by atoms with van der Waals surface area (Å²) in [5, 5.41) is 7.30. The van der Waals surface area contributed by atoms with Gasteiger partial charge in [0.2, 0.25) is 5.95 Å². The van der Waals surface area contributed by atoms with Crippen LogP contribution in [0.3, 0.4) is 0 Å². The SMILES string of the molecule is Cc1cccc2nc(NCC3CCNCC3)[nH]c(=O)c12.Cl. The van der Waals surface area contributed by atoms with Crippen LogP contribution in [0.5, 0.6) is 0 Å². The lowest BCUT2D eigenvalue weighted by Crippen LogP contribution is -2.31. The molecule has 0 saturated carbocycles. The summed E-state index contributed by atoms with van der Waals surface area (Å²) in [7, 11) is 0. The number of fused-ring (bicyclic) bond motifs is 1. The summed E-state index contributed by atoms with van der Waals surface area (Å²) in [6.45, 7) is 4.95. The third-order valence-electron chi connectivity index (χ3n) is 3.96. The van der Waals surface area contributed by atoms with Crippen LogP contribution in [0.4, 0.5) is 5.95 Å². The highest BCUT2D eigenvalue weighted by atomic mass is 35.5. The Morgan fingerprint density at radius 3 is 2.86 bits per heavy atom. The third kappa shape index (κ3) is 3.54. The fraction of sp³-hybridized carbons (Fsp3) is 0.467. The molecule has 1 fully saturated rings. The normalized spacial score (nSPS) is 15.7. The van der Waals surface area contributed by atoms with Gasteiger partial charge in [0.05, 0.1) is 10.9 Å². The zero-order valence-corrected chi connectivity index (χ0v) is 12.9. The van der Waals surface area contributed by atoms with Crippen molar-refractivity contribution in [3.05, 3.63) is 34.1 Å². The standard InChI is InChI=1S/C15H20N4O.ClH/c1-10-3-2-4-12-13(10)14(20)19-15(18-12)17-9-11-5-7-16-8-6-11;/h2-4,11,16H,5-9H2,1H3,(H2,17,18,19,20);1H. The summed E-state index contributed by atoms with van der Waals surface area (Å²) < 4.78 is 0. The van der Waals surface area contributed by atoms with Gasteiger partial charge in [-0.2, -0.15) is 0 Å². The van der Waals surface area contributed by atoms with Crippen LogP contribution in [-0.4, -0.2) is 29.6 Å². The summed E-state index contributed by atoms with van der Waals surface area (Å²) in [4.78, 5) is 19.5. The van der Waals surface area contributed by atoms with Crippen molar-refractivity contribution in [1.82, 2.24) is 15.3 Å². The molecule has 114 valence electrons. The number of H-pyrrole nitrogens is 1. The molecule has 1 aliphatic rings. The average Bonchev–Trinajstić information content (AvgIpc) is 2.46. The Labute approximate surface area is 130 Å². The van der Waals surface area contributed by atoms with E-state index in [9.17, 15) is 4.79 Å². The van der Waals surface area contributed by atoms with Crippen LogP contribution in [-0.2, 0) is 0 Å². The van der Waals surface area contributed by atoms with Gasteiger partial charge in [0.1, 0.15) is 0 Å². The van der Waals surface area contributed by atoms with Gasteiger partial charge in [0.15, 0.2) is 0 Å². The van der Waals surface area contributed by atoms with Crippen LogP contribution in [0.15, 0.2) is 23.0 Å². The van der Waals surface area contributed by atoms with E-state index >= 15 is 0 Å². The molecule has 0 bridgehead atoms. The van der Waals surface area contributed by atoms with Crippen molar-refractivity contribution >= 4 is 29.3 Å². The third-order valence-corrected chi connectivity index (χ3v) is 3.96. The van der Waals surface area contributed by atoms with Crippen molar-refractivity contribution < 1.29 is 0 Å². The summed E-state index contributed by atoms with van der Waals surface area (Å²) in [5.41, 5.74) is 1.64. The van der Waals surface area contributed by atoms with Gasteiger partial charge in [-0.15, -0.1) is 12.4 Å². The Morgan fingerprint density at radius 2 is 2.10 bits per heavy atom. The highest BCUT2D eigenvalue weighted by Crippen LogP contribution is 2.15. The maximum atomic E-state index is 12.1. The first-order chi connectivity index (χ1) is 9.74. The minimum Gasteiger partial charge on any atom is -0.355 e. The topological polar surface area (TPSA) is 69.8 Å². The highest BCUT2D eigenvalue weighted by Gasteiger charge is 2.13. The lowest BCUT2D eigenvalue weighted by molar-refractivity contribution is 0.389. The number of piperidine rings is 1. The quantitative estimate of drug-likeness (QED) is 0.812.